The number of benzene rings is 2. The fourth-order valence-electron chi connectivity index (χ4n) is 7.78. The van der Waals surface area contributed by atoms with Crippen LogP contribution in [-0.2, 0) is 29.1 Å². The van der Waals surface area contributed by atoms with Gasteiger partial charge in [0.05, 0.1) is 28.8 Å². The van der Waals surface area contributed by atoms with Crippen LogP contribution in [0.15, 0.2) is 41.2 Å². The van der Waals surface area contributed by atoms with Crippen molar-refractivity contribution in [1.29, 1.82) is 0 Å². The summed E-state index contributed by atoms with van der Waals surface area (Å²) in [4.78, 5) is 77.0. The molecule has 3 heterocycles. The second kappa shape index (κ2) is 15.6. The second-order valence-electron chi connectivity index (χ2n) is 18.4. The number of hydrogen-bond donors (Lipinski definition) is 4. The quantitative estimate of drug-likeness (QED) is 0.171. The normalized spacial score (nSPS) is 22.3. The van der Waals surface area contributed by atoms with Crippen LogP contribution in [0.25, 0.3) is 22.3 Å². The number of amides is 4. The number of nitrogens with zero attached hydrogens (tertiary/aromatic N) is 2. The first-order valence-electron chi connectivity index (χ1n) is 20.6. The van der Waals surface area contributed by atoms with Crippen LogP contribution in [0.5, 0.6) is 17.2 Å². The molecule has 1 aromatic heterocycles. The minimum atomic E-state index is -3.90. The van der Waals surface area contributed by atoms with Gasteiger partial charge in [0.2, 0.25) is 28.6 Å². The molecule has 0 bridgehead atoms. The van der Waals surface area contributed by atoms with Gasteiger partial charge < -0.3 is 39.5 Å². The Morgan fingerprint density at radius 1 is 1.02 bits per heavy atom. The van der Waals surface area contributed by atoms with Gasteiger partial charge in [-0.3, -0.25) is 19.2 Å². The van der Waals surface area contributed by atoms with Crippen LogP contribution in [0, 0.1) is 34.5 Å². The molecule has 3 fully saturated rings. The molecule has 3 aromatic rings. The number of rotatable bonds is 14. The highest BCUT2D eigenvalue weighted by atomic mass is 32.2. The molecule has 0 radical (unpaired) electrons. The lowest BCUT2D eigenvalue weighted by Crippen LogP contribution is -2.68. The van der Waals surface area contributed by atoms with Crippen LogP contribution in [0.1, 0.15) is 73.1 Å². The predicted molar refractivity (Wildman–Crippen MR) is 221 cm³/mol. The lowest BCUT2D eigenvalue weighted by atomic mass is 9.73. The molecule has 17 nitrogen and oxygen atoms in total. The van der Waals surface area contributed by atoms with E-state index in [9.17, 15) is 32.4 Å². The zero-order valence-electron chi connectivity index (χ0n) is 34.7. The van der Waals surface area contributed by atoms with Crippen molar-refractivity contribution in [3.8, 4) is 40.3 Å². The van der Waals surface area contributed by atoms with Crippen molar-refractivity contribution in [1.82, 2.24) is 30.2 Å². The lowest BCUT2D eigenvalue weighted by Gasteiger charge is -2.40. The number of alkyl carbamates (subject to hydrolysis) is 1. The van der Waals surface area contributed by atoms with Crippen molar-refractivity contribution >= 4 is 44.9 Å². The maximum Gasteiger partial charge on any atom is 0.407 e. The third-order valence-electron chi connectivity index (χ3n) is 11.6. The lowest BCUT2D eigenvalue weighted by molar-refractivity contribution is -0.143. The van der Waals surface area contributed by atoms with E-state index in [1.165, 1.54) is 4.90 Å². The van der Waals surface area contributed by atoms with E-state index in [-0.39, 0.29) is 43.7 Å². The predicted octanol–water partition coefficient (Wildman–Crippen LogP) is 3.36. The smallest absolute Gasteiger partial charge is 0.407 e. The Hall–Kier alpha value is -5.83. The van der Waals surface area contributed by atoms with Crippen molar-refractivity contribution in [2.24, 2.45) is 22.7 Å². The van der Waals surface area contributed by atoms with E-state index in [4.69, 9.17) is 18.9 Å². The summed E-state index contributed by atoms with van der Waals surface area (Å²) in [6.45, 7) is 9.42. The molecule has 1 unspecified atom stereocenters. The monoisotopic (exact) mass is 858 g/mol. The maximum atomic E-state index is 14.2. The molecule has 3 aliphatic carbocycles. The number of carbonyl (C=O) groups excluding carboxylic acids is 4. The van der Waals surface area contributed by atoms with Gasteiger partial charge in [-0.15, -0.1) is 0 Å². The average Bonchev–Trinajstić information content (AvgIpc) is 4.12. The molecule has 4 atom stereocenters. The zero-order chi connectivity index (χ0) is 43.5. The van der Waals surface area contributed by atoms with E-state index in [2.05, 4.69) is 37.2 Å². The molecule has 2 aliphatic heterocycles. The molecular weight excluding hydrogens is 809 g/mol. The highest BCUT2D eigenvalue weighted by molar-refractivity contribution is 7.91. The van der Waals surface area contributed by atoms with E-state index in [1.807, 2.05) is 13.8 Å². The van der Waals surface area contributed by atoms with Crippen LogP contribution in [0.3, 0.4) is 0 Å². The number of fused-ring (bicyclic) bond motifs is 2. The molecule has 18 heteroatoms. The summed E-state index contributed by atoms with van der Waals surface area (Å²) in [5.41, 5.74) is -1.83. The average molecular weight is 859 g/mol. The Bertz CT molecular complexity index is 2530. The topological polar surface area (TPSA) is 224 Å². The Balaban J connectivity index is 0.880. The van der Waals surface area contributed by atoms with Crippen LogP contribution in [-0.4, -0.2) is 96.5 Å². The van der Waals surface area contributed by atoms with E-state index in [1.54, 1.807) is 57.2 Å². The molecule has 61 heavy (non-hydrogen) atoms. The first-order chi connectivity index (χ1) is 28.8. The summed E-state index contributed by atoms with van der Waals surface area (Å²) >= 11 is 0. The molecule has 324 valence electrons. The minimum Gasteiger partial charge on any atom is -0.493 e. The third kappa shape index (κ3) is 8.70. The van der Waals surface area contributed by atoms with Gasteiger partial charge >= 0.3 is 6.09 Å². The molecule has 5 aliphatic rings. The van der Waals surface area contributed by atoms with Gasteiger partial charge in [0.25, 0.3) is 11.5 Å². The summed E-state index contributed by atoms with van der Waals surface area (Å²) in [7, 11) is -3.90. The van der Waals surface area contributed by atoms with Gasteiger partial charge in [0.1, 0.15) is 30.1 Å². The second-order valence-corrected chi connectivity index (χ2v) is 20.3. The van der Waals surface area contributed by atoms with E-state index in [0.717, 1.165) is 12.8 Å². The number of aromatic nitrogens is 2. The molecule has 8 rings (SSSR count). The number of hydrogen-bond acceptors (Lipinski definition) is 12. The number of nitrogens with one attached hydrogen (secondary N) is 4. The highest BCUT2D eigenvalue weighted by Gasteiger charge is 2.58. The summed E-state index contributed by atoms with van der Waals surface area (Å²) in [5, 5.41) is 4.87. The molecular formula is C43H50N6O11S. The molecule has 4 N–H and O–H groups in total. The number of H-pyrrole nitrogens is 1. The Labute approximate surface area is 353 Å². The first kappa shape index (κ1) is 41.9. The van der Waals surface area contributed by atoms with Crippen molar-refractivity contribution in [2.75, 3.05) is 26.6 Å². The molecule has 4 amide bonds. The van der Waals surface area contributed by atoms with E-state index >= 15 is 0 Å². The zero-order valence-corrected chi connectivity index (χ0v) is 35.5. The fraction of sp³-hybridized carbons (Fsp3) is 0.535. The van der Waals surface area contributed by atoms with Crippen molar-refractivity contribution in [3.63, 3.8) is 0 Å². The fourth-order valence-corrected chi connectivity index (χ4v) is 9.12. The molecule has 0 spiro atoms. The van der Waals surface area contributed by atoms with Gasteiger partial charge in [-0.1, -0.05) is 58.6 Å². The number of carbonyl (C=O) groups is 4. The van der Waals surface area contributed by atoms with Gasteiger partial charge in [-0.05, 0) is 62.0 Å². The molecule has 1 saturated heterocycles. The van der Waals surface area contributed by atoms with Crippen LogP contribution in [0.2, 0.25) is 0 Å². The van der Waals surface area contributed by atoms with Gasteiger partial charge in [0, 0.05) is 29.7 Å². The first-order valence-corrected chi connectivity index (χ1v) is 22.1. The SMILES string of the molecule is CC(C)(COC(=O)N[C@H](C(=O)N1CCC[C@H]1C(=O)N[C@]1(C(=O)NS(=O)(=O)C2CC2)C#CC1C1CC1)C(C)(C)C)COc1cccc(-c2nc3cc4c(cc3[nH]c2=O)OCO4)c1. The highest BCUT2D eigenvalue weighted by Crippen LogP contribution is 2.45. The summed E-state index contributed by atoms with van der Waals surface area (Å²) in [6, 6.07) is 8.25. The Morgan fingerprint density at radius 3 is 2.43 bits per heavy atom. The largest absolute Gasteiger partial charge is 0.493 e. The Morgan fingerprint density at radius 2 is 1.75 bits per heavy atom. The molecule has 2 saturated carbocycles. The van der Waals surface area contributed by atoms with Gasteiger partial charge in [-0.25, -0.2) is 22.9 Å². The maximum absolute atomic E-state index is 14.2. The van der Waals surface area contributed by atoms with Crippen molar-refractivity contribution < 1.29 is 46.5 Å². The van der Waals surface area contributed by atoms with E-state index < -0.39 is 73.5 Å². The van der Waals surface area contributed by atoms with Crippen molar-refractivity contribution in [2.45, 2.75) is 96.0 Å². The van der Waals surface area contributed by atoms with Crippen LogP contribution < -0.4 is 35.1 Å². The van der Waals surface area contributed by atoms with E-state index in [0.29, 0.717) is 59.5 Å². The number of aromatic amines is 1. The van der Waals surface area contributed by atoms with Gasteiger partial charge in [-0.2, -0.15) is 0 Å². The summed E-state index contributed by atoms with van der Waals surface area (Å²) < 4.78 is 50.2. The number of sulfonamides is 1. The Kier molecular flexibility index (Phi) is 10.7. The number of ether oxygens (including phenoxy) is 4. The van der Waals surface area contributed by atoms with Gasteiger partial charge in [0.15, 0.2) is 17.0 Å². The third-order valence-corrected chi connectivity index (χ3v) is 13.4. The molecule has 2 aromatic carbocycles. The van der Waals surface area contributed by atoms with Crippen LogP contribution in [0.4, 0.5) is 4.79 Å². The minimum absolute atomic E-state index is 0.0554. The summed E-state index contributed by atoms with van der Waals surface area (Å²) in [5.74, 6) is 4.83. The van der Waals surface area contributed by atoms with Crippen molar-refractivity contribution in [3.05, 3.63) is 46.8 Å². The standard InChI is InChI=1S/C43H50N6O11S/c1-41(2,3)35(38(52)49-17-7-10-31(49)36(50)47-43(16-15-28(43)24-11-12-24)39(53)48-61(55,56)27-13-14-27)46-40(54)58-22-42(4,5)21-57-26-9-6-8-25(18-26)34-37(51)45-30-20-33-32(59-23-60-33)19-29(30)44-34/h6,8-9,18-20,24,27-28,31,35H,7,10-14,17,21-23H2,1-5H3,(H,45,51)(H,46,54)(H,47,50)(H,48,53)/t28?,31-,35+,43+/m0/s1. The van der Waals surface area contributed by atoms with Crippen LogP contribution >= 0.6 is 0 Å². The summed E-state index contributed by atoms with van der Waals surface area (Å²) in [6.07, 6.45) is 2.51. The number of likely N-dealkylation sites (tertiary alicyclic amines) is 1.